The summed E-state index contributed by atoms with van der Waals surface area (Å²) in [6.45, 7) is 5.34. The standard InChI is InChI=1S/C16H21N3S/c1-3-11-7-6-10-18-14(11)16-19-15-12(17-4-2)8-5-9-13(15)20-16/h6-7,10,12,17H,3-5,8-9H2,1-2H3. The van der Waals surface area contributed by atoms with Gasteiger partial charge in [0.2, 0.25) is 0 Å². The van der Waals surface area contributed by atoms with E-state index in [1.54, 1.807) is 0 Å². The fraction of sp³-hybridized carbons (Fsp3) is 0.500. The van der Waals surface area contributed by atoms with Crippen molar-refractivity contribution in [2.24, 2.45) is 0 Å². The van der Waals surface area contributed by atoms with Crippen molar-refractivity contribution in [1.82, 2.24) is 15.3 Å². The fourth-order valence-electron chi connectivity index (χ4n) is 2.88. The number of hydrogen-bond donors (Lipinski definition) is 1. The second kappa shape index (κ2) is 6.02. The molecule has 2 heterocycles. The Bertz CT molecular complexity index is 591. The molecule has 0 aliphatic heterocycles. The van der Waals surface area contributed by atoms with E-state index in [2.05, 4.69) is 30.2 Å². The quantitative estimate of drug-likeness (QED) is 0.930. The van der Waals surface area contributed by atoms with Gasteiger partial charge in [-0.25, -0.2) is 4.98 Å². The van der Waals surface area contributed by atoms with Crippen LogP contribution in [0.5, 0.6) is 0 Å². The minimum absolute atomic E-state index is 0.433. The van der Waals surface area contributed by atoms with Gasteiger partial charge in [-0.2, -0.15) is 0 Å². The van der Waals surface area contributed by atoms with Crippen molar-refractivity contribution >= 4 is 11.3 Å². The van der Waals surface area contributed by atoms with Gasteiger partial charge in [0.25, 0.3) is 0 Å². The lowest BCUT2D eigenvalue weighted by Gasteiger charge is -2.21. The van der Waals surface area contributed by atoms with Crippen LogP contribution in [0.15, 0.2) is 18.3 Å². The zero-order valence-electron chi connectivity index (χ0n) is 12.1. The first-order chi connectivity index (χ1) is 9.83. The molecule has 2 aromatic heterocycles. The van der Waals surface area contributed by atoms with Gasteiger partial charge in [0.1, 0.15) is 10.7 Å². The summed E-state index contributed by atoms with van der Waals surface area (Å²) >= 11 is 1.83. The zero-order valence-corrected chi connectivity index (χ0v) is 13.0. The smallest absolute Gasteiger partial charge is 0.142 e. The van der Waals surface area contributed by atoms with E-state index in [1.807, 2.05) is 23.6 Å². The molecule has 3 nitrogen and oxygen atoms in total. The highest BCUT2D eigenvalue weighted by Crippen LogP contribution is 2.37. The molecule has 1 aliphatic carbocycles. The lowest BCUT2D eigenvalue weighted by Crippen LogP contribution is -2.24. The first-order valence-corrected chi connectivity index (χ1v) is 8.32. The number of fused-ring (bicyclic) bond motifs is 1. The third-order valence-electron chi connectivity index (χ3n) is 3.88. The Morgan fingerprint density at radius 3 is 3.10 bits per heavy atom. The third-order valence-corrected chi connectivity index (χ3v) is 5.02. The van der Waals surface area contributed by atoms with Crippen molar-refractivity contribution in [2.45, 2.75) is 45.6 Å². The number of nitrogens with zero attached hydrogens (tertiary/aromatic N) is 2. The van der Waals surface area contributed by atoms with Crippen molar-refractivity contribution in [3.8, 4) is 10.7 Å². The van der Waals surface area contributed by atoms with Crippen molar-refractivity contribution in [2.75, 3.05) is 6.54 Å². The van der Waals surface area contributed by atoms with Crippen LogP contribution < -0.4 is 5.32 Å². The minimum atomic E-state index is 0.433. The zero-order chi connectivity index (χ0) is 13.9. The second-order valence-corrected chi connectivity index (χ2v) is 6.28. The molecule has 1 unspecified atom stereocenters. The van der Waals surface area contributed by atoms with Crippen LogP contribution in [0.3, 0.4) is 0 Å². The number of pyridine rings is 1. The molecule has 106 valence electrons. The molecule has 1 N–H and O–H groups in total. The molecule has 20 heavy (non-hydrogen) atoms. The first-order valence-electron chi connectivity index (χ1n) is 7.50. The summed E-state index contributed by atoms with van der Waals surface area (Å²) < 4.78 is 0. The number of rotatable bonds is 4. The molecule has 0 radical (unpaired) electrons. The van der Waals surface area contributed by atoms with Gasteiger partial charge in [-0.05, 0) is 43.9 Å². The molecule has 0 saturated heterocycles. The molecule has 0 aromatic carbocycles. The van der Waals surface area contributed by atoms with E-state index in [-0.39, 0.29) is 0 Å². The van der Waals surface area contributed by atoms with E-state index >= 15 is 0 Å². The Hall–Kier alpha value is -1.26. The van der Waals surface area contributed by atoms with Crippen LogP contribution in [0.2, 0.25) is 0 Å². The summed E-state index contributed by atoms with van der Waals surface area (Å²) in [7, 11) is 0. The fourth-order valence-corrected chi connectivity index (χ4v) is 4.08. The van der Waals surface area contributed by atoms with Crippen LogP contribution in [0, 0.1) is 0 Å². The molecular formula is C16H21N3S. The van der Waals surface area contributed by atoms with Gasteiger partial charge in [0.05, 0.1) is 11.7 Å². The lowest BCUT2D eigenvalue weighted by atomic mass is 9.97. The van der Waals surface area contributed by atoms with Crippen molar-refractivity contribution in [3.05, 3.63) is 34.5 Å². The largest absolute Gasteiger partial charge is 0.309 e. The summed E-state index contributed by atoms with van der Waals surface area (Å²) in [6, 6.07) is 4.60. The minimum Gasteiger partial charge on any atom is -0.309 e. The van der Waals surface area contributed by atoms with Crippen LogP contribution in [0.25, 0.3) is 10.7 Å². The van der Waals surface area contributed by atoms with Gasteiger partial charge in [0, 0.05) is 11.1 Å². The number of aryl methyl sites for hydroxylation is 2. The molecule has 3 rings (SSSR count). The summed E-state index contributed by atoms with van der Waals surface area (Å²) in [5, 5.41) is 4.65. The number of aromatic nitrogens is 2. The maximum atomic E-state index is 4.92. The van der Waals surface area contributed by atoms with Crippen LogP contribution in [0.4, 0.5) is 0 Å². The van der Waals surface area contributed by atoms with E-state index in [9.17, 15) is 0 Å². The van der Waals surface area contributed by atoms with Gasteiger partial charge in [0.15, 0.2) is 0 Å². The summed E-state index contributed by atoms with van der Waals surface area (Å²) in [5.41, 5.74) is 3.63. The predicted octanol–water partition coefficient (Wildman–Crippen LogP) is 3.75. The monoisotopic (exact) mass is 287 g/mol. The predicted molar refractivity (Wildman–Crippen MR) is 84.1 cm³/mol. The highest BCUT2D eigenvalue weighted by molar-refractivity contribution is 7.15. The third kappa shape index (κ3) is 2.50. The average molecular weight is 287 g/mol. The van der Waals surface area contributed by atoms with E-state index < -0.39 is 0 Å². The molecule has 0 fully saturated rings. The molecular weight excluding hydrogens is 266 g/mol. The second-order valence-electron chi connectivity index (χ2n) is 5.19. The van der Waals surface area contributed by atoms with Crippen molar-refractivity contribution in [3.63, 3.8) is 0 Å². The van der Waals surface area contributed by atoms with Crippen LogP contribution in [0.1, 0.15) is 48.9 Å². The highest BCUT2D eigenvalue weighted by Gasteiger charge is 2.25. The molecule has 2 aromatic rings. The number of thiazole rings is 1. The van der Waals surface area contributed by atoms with Crippen molar-refractivity contribution in [1.29, 1.82) is 0 Å². The van der Waals surface area contributed by atoms with E-state index in [0.717, 1.165) is 23.7 Å². The van der Waals surface area contributed by atoms with Gasteiger partial charge < -0.3 is 5.32 Å². The van der Waals surface area contributed by atoms with E-state index in [0.29, 0.717) is 6.04 Å². The summed E-state index contributed by atoms with van der Waals surface area (Å²) in [4.78, 5) is 10.9. The first kappa shape index (κ1) is 13.7. The Morgan fingerprint density at radius 2 is 2.30 bits per heavy atom. The summed E-state index contributed by atoms with van der Waals surface area (Å²) in [5.74, 6) is 0. The Labute approximate surface area is 124 Å². The van der Waals surface area contributed by atoms with Gasteiger partial charge in [-0.15, -0.1) is 11.3 Å². The molecule has 0 amide bonds. The topological polar surface area (TPSA) is 37.8 Å². The molecule has 1 atom stereocenters. The van der Waals surface area contributed by atoms with Gasteiger partial charge in [-0.3, -0.25) is 4.98 Å². The summed E-state index contributed by atoms with van der Waals surface area (Å²) in [6.07, 6.45) is 6.51. The molecule has 0 bridgehead atoms. The normalized spacial score (nSPS) is 18.0. The molecule has 4 heteroatoms. The van der Waals surface area contributed by atoms with E-state index in [1.165, 1.54) is 35.4 Å². The van der Waals surface area contributed by atoms with Gasteiger partial charge in [-0.1, -0.05) is 19.9 Å². The van der Waals surface area contributed by atoms with Crippen molar-refractivity contribution < 1.29 is 0 Å². The highest BCUT2D eigenvalue weighted by atomic mass is 32.1. The Balaban J connectivity index is 2.00. The Morgan fingerprint density at radius 1 is 1.40 bits per heavy atom. The lowest BCUT2D eigenvalue weighted by molar-refractivity contribution is 0.465. The average Bonchev–Trinajstić information content (AvgIpc) is 2.92. The maximum Gasteiger partial charge on any atom is 0.142 e. The molecule has 1 aliphatic rings. The molecule has 0 spiro atoms. The van der Waals surface area contributed by atoms with Gasteiger partial charge >= 0.3 is 0 Å². The van der Waals surface area contributed by atoms with Crippen LogP contribution in [-0.4, -0.2) is 16.5 Å². The Kier molecular flexibility index (Phi) is 4.13. The van der Waals surface area contributed by atoms with Crippen LogP contribution >= 0.6 is 11.3 Å². The number of hydrogen-bond acceptors (Lipinski definition) is 4. The van der Waals surface area contributed by atoms with Crippen LogP contribution in [-0.2, 0) is 12.8 Å². The molecule has 0 saturated carbocycles. The SMILES string of the molecule is CCNC1CCCc2sc(-c3ncccc3CC)nc21. The maximum absolute atomic E-state index is 4.92. The van der Waals surface area contributed by atoms with E-state index in [4.69, 9.17) is 4.98 Å². The number of nitrogens with one attached hydrogen (secondary N) is 1.